The van der Waals surface area contributed by atoms with Crippen LogP contribution in [-0.2, 0) is 0 Å². The Kier molecular flexibility index (Phi) is 7.53. The Morgan fingerprint density at radius 3 is 1.42 bits per heavy atom. The maximum absolute atomic E-state index is 12.3. The van der Waals surface area contributed by atoms with Gasteiger partial charge in [0.1, 0.15) is 0 Å². The third-order valence-corrected chi connectivity index (χ3v) is 4.72. The van der Waals surface area contributed by atoms with Gasteiger partial charge in [-0.3, -0.25) is 15.6 Å². The quantitative estimate of drug-likeness (QED) is 0.291. The van der Waals surface area contributed by atoms with Crippen molar-refractivity contribution in [2.75, 3.05) is 16.0 Å². The average molecular weight is 450 g/mol. The standard InChI is InChI=1S/C23H23N5OS2/c1-15-3-9-18(10-4-15)24-22(30)25-20-13-7-17(8-14-20)21(29)27-28-23(31)26-19-11-5-16(2)6-12-19/h3-14H,1-2H3,(H,27,29)(H2,24,25,30)(H2,26,28,31). The second kappa shape index (κ2) is 10.5. The van der Waals surface area contributed by atoms with E-state index in [1.54, 1.807) is 24.3 Å². The van der Waals surface area contributed by atoms with E-state index in [4.69, 9.17) is 24.4 Å². The Morgan fingerprint density at radius 2 is 0.968 bits per heavy atom. The van der Waals surface area contributed by atoms with Crippen molar-refractivity contribution in [1.82, 2.24) is 10.9 Å². The molecule has 8 heteroatoms. The number of carbonyl (C=O) groups is 1. The van der Waals surface area contributed by atoms with Gasteiger partial charge < -0.3 is 16.0 Å². The summed E-state index contributed by atoms with van der Waals surface area (Å²) in [5.74, 6) is -0.306. The summed E-state index contributed by atoms with van der Waals surface area (Å²) in [6, 6.07) is 22.7. The zero-order chi connectivity index (χ0) is 22.2. The molecule has 0 saturated carbocycles. The van der Waals surface area contributed by atoms with Gasteiger partial charge in [-0.1, -0.05) is 35.4 Å². The molecule has 0 spiro atoms. The summed E-state index contributed by atoms with van der Waals surface area (Å²) in [6.45, 7) is 4.04. The third-order valence-electron chi connectivity index (χ3n) is 4.31. The van der Waals surface area contributed by atoms with E-state index in [1.165, 1.54) is 5.56 Å². The minimum absolute atomic E-state index is 0.294. The molecule has 0 aliphatic carbocycles. The number of thiocarbonyl (C=S) groups is 2. The second-order valence-electron chi connectivity index (χ2n) is 6.92. The fraction of sp³-hybridized carbons (Fsp3) is 0.0870. The van der Waals surface area contributed by atoms with Crippen molar-refractivity contribution in [3.05, 3.63) is 89.5 Å². The lowest BCUT2D eigenvalue weighted by atomic mass is 10.2. The summed E-state index contributed by atoms with van der Waals surface area (Å²) in [7, 11) is 0. The molecule has 158 valence electrons. The van der Waals surface area contributed by atoms with E-state index in [1.807, 2.05) is 62.4 Å². The maximum Gasteiger partial charge on any atom is 0.269 e. The zero-order valence-corrected chi connectivity index (χ0v) is 18.8. The lowest BCUT2D eigenvalue weighted by Gasteiger charge is -2.13. The van der Waals surface area contributed by atoms with Crippen molar-refractivity contribution in [2.24, 2.45) is 0 Å². The molecule has 0 atom stereocenters. The van der Waals surface area contributed by atoms with Gasteiger partial charge in [-0.15, -0.1) is 0 Å². The van der Waals surface area contributed by atoms with Crippen LogP contribution < -0.4 is 26.8 Å². The molecule has 0 aromatic heterocycles. The molecule has 0 fully saturated rings. The monoisotopic (exact) mass is 449 g/mol. The van der Waals surface area contributed by atoms with Gasteiger partial charge in [-0.05, 0) is 86.8 Å². The molecule has 31 heavy (non-hydrogen) atoms. The van der Waals surface area contributed by atoms with Crippen LogP contribution in [0.2, 0.25) is 0 Å². The van der Waals surface area contributed by atoms with Crippen LogP contribution in [0, 0.1) is 13.8 Å². The zero-order valence-electron chi connectivity index (χ0n) is 17.2. The van der Waals surface area contributed by atoms with Gasteiger partial charge in [0.15, 0.2) is 10.2 Å². The Hall–Kier alpha value is -3.49. The Morgan fingerprint density at radius 1 is 0.581 bits per heavy atom. The first-order valence-electron chi connectivity index (χ1n) is 9.58. The second-order valence-corrected chi connectivity index (χ2v) is 7.74. The summed E-state index contributed by atoms with van der Waals surface area (Å²) in [5.41, 5.74) is 10.6. The first-order valence-corrected chi connectivity index (χ1v) is 10.4. The minimum Gasteiger partial charge on any atom is -0.332 e. The molecule has 0 radical (unpaired) electrons. The van der Waals surface area contributed by atoms with Gasteiger partial charge in [0.25, 0.3) is 5.91 Å². The van der Waals surface area contributed by atoms with Gasteiger partial charge in [-0.25, -0.2) is 0 Å². The molecule has 0 unspecified atom stereocenters. The molecular weight excluding hydrogens is 426 g/mol. The van der Waals surface area contributed by atoms with Crippen LogP contribution in [-0.4, -0.2) is 16.1 Å². The number of anilines is 3. The Balaban J connectivity index is 1.46. The number of hydrogen-bond acceptors (Lipinski definition) is 3. The molecule has 0 aliphatic rings. The highest BCUT2D eigenvalue weighted by molar-refractivity contribution is 7.80. The van der Waals surface area contributed by atoms with Crippen molar-refractivity contribution in [3.8, 4) is 0 Å². The van der Waals surface area contributed by atoms with Gasteiger partial charge in [0, 0.05) is 22.6 Å². The van der Waals surface area contributed by atoms with Crippen LogP contribution in [0.3, 0.4) is 0 Å². The Labute approximate surface area is 192 Å². The van der Waals surface area contributed by atoms with Gasteiger partial charge >= 0.3 is 0 Å². The van der Waals surface area contributed by atoms with Crippen molar-refractivity contribution >= 4 is 57.6 Å². The van der Waals surface area contributed by atoms with Crippen LogP contribution >= 0.6 is 24.4 Å². The third kappa shape index (κ3) is 7.06. The maximum atomic E-state index is 12.3. The molecular formula is C23H23N5OS2. The minimum atomic E-state index is -0.306. The van der Waals surface area contributed by atoms with Crippen LogP contribution in [0.15, 0.2) is 72.8 Å². The molecule has 0 bridgehead atoms. The van der Waals surface area contributed by atoms with Crippen molar-refractivity contribution in [3.63, 3.8) is 0 Å². The number of rotatable bonds is 4. The molecule has 0 heterocycles. The molecule has 3 aromatic rings. The van der Waals surface area contributed by atoms with Gasteiger partial charge in [0.2, 0.25) is 0 Å². The first-order chi connectivity index (χ1) is 14.9. The summed E-state index contributed by atoms with van der Waals surface area (Å²) in [6.07, 6.45) is 0. The molecule has 5 N–H and O–H groups in total. The van der Waals surface area contributed by atoms with E-state index in [0.29, 0.717) is 15.8 Å². The van der Waals surface area contributed by atoms with E-state index < -0.39 is 0 Å². The van der Waals surface area contributed by atoms with E-state index >= 15 is 0 Å². The van der Waals surface area contributed by atoms with Crippen LogP contribution in [0.25, 0.3) is 0 Å². The van der Waals surface area contributed by atoms with Crippen molar-refractivity contribution in [1.29, 1.82) is 0 Å². The van der Waals surface area contributed by atoms with Gasteiger partial charge in [0.05, 0.1) is 0 Å². The number of benzene rings is 3. The number of carbonyl (C=O) groups excluding carboxylic acids is 1. The van der Waals surface area contributed by atoms with E-state index in [0.717, 1.165) is 22.6 Å². The van der Waals surface area contributed by atoms with Crippen LogP contribution in [0.1, 0.15) is 21.5 Å². The predicted molar refractivity (Wildman–Crippen MR) is 135 cm³/mol. The number of amides is 1. The van der Waals surface area contributed by atoms with Crippen LogP contribution in [0.5, 0.6) is 0 Å². The number of aryl methyl sites for hydroxylation is 2. The largest absolute Gasteiger partial charge is 0.332 e. The van der Waals surface area contributed by atoms with E-state index in [-0.39, 0.29) is 5.91 Å². The predicted octanol–water partition coefficient (Wildman–Crippen LogP) is 4.74. The fourth-order valence-electron chi connectivity index (χ4n) is 2.62. The number of hydrogen-bond donors (Lipinski definition) is 5. The molecule has 6 nitrogen and oxygen atoms in total. The molecule has 3 rings (SSSR count). The highest BCUT2D eigenvalue weighted by atomic mass is 32.1. The average Bonchev–Trinajstić information content (AvgIpc) is 2.76. The SMILES string of the molecule is Cc1ccc(NC(=S)NNC(=O)c2ccc(NC(=S)Nc3ccc(C)cc3)cc2)cc1. The highest BCUT2D eigenvalue weighted by Gasteiger charge is 2.07. The van der Waals surface area contributed by atoms with Crippen LogP contribution in [0.4, 0.5) is 17.1 Å². The summed E-state index contributed by atoms with van der Waals surface area (Å²) in [5, 5.41) is 9.98. The first kappa shape index (κ1) is 22.2. The van der Waals surface area contributed by atoms with E-state index in [9.17, 15) is 4.79 Å². The lowest BCUT2D eigenvalue weighted by molar-refractivity contribution is 0.0944. The Bertz CT molecular complexity index is 1060. The molecule has 1 amide bonds. The fourth-order valence-corrected chi connectivity index (χ4v) is 3.02. The molecule has 0 aliphatic heterocycles. The van der Waals surface area contributed by atoms with E-state index in [2.05, 4.69) is 26.8 Å². The molecule has 0 saturated heterocycles. The van der Waals surface area contributed by atoms with Gasteiger partial charge in [-0.2, -0.15) is 0 Å². The summed E-state index contributed by atoms with van der Waals surface area (Å²) >= 11 is 10.5. The summed E-state index contributed by atoms with van der Waals surface area (Å²) in [4.78, 5) is 12.3. The smallest absolute Gasteiger partial charge is 0.269 e. The van der Waals surface area contributed by atoms with Crippen molar-refractivity contribution in [2.45, 2.75) is 13.8 Å². The summed E-state index contributed by atoms with van der Waals surface area (Å²) < 4.78 is 0. The topological polar surface area (TPSA) is 77.2 Å². The van der Waals surface area contributed by atoms with Crippen molar-refractivity contribution < 1.29 is 4.79 Å². The number of nitrogens with one attached hydrogen (secondary N) is 5. The number of hydrazine groups is 1. The highest BCUT2D eigenvalue weighted by Crippen LogP contribution is 2.12. The lowest BCUT2D eigenvalue weighted by Crippen LogP contribution is -2.43. The normalized spacial score (nSPS) is 10.0. The molecule has 3 aromatic carbocycles.